The highest BCUT2D eigenvalue weighted by atomic mass is 16.8. The Morgan fingerprint density at radius 3 is 1.51 bits per heavy atom. The predicted octanol–water partition coefficient (Wildman–Crippen LogP) is -13.0. The summed E-state index contributed by atoms with van der Waals surface area (Å²) in [6.07, 6.45) is -49.2. The minimum absolute atomic E-state index is 0.733. The molecule has 0 unspecified atom stereocenters. The normalized spacial score (nSPS) is 44.2. The summed E-state index contributed by atoms with van der Waals surface area (Å²) in [6.45, 7) is -1.37. The summed E-state index contributed by atoms with van der Waals surface area (Å²) >= 11 is 0. The first-order valence-corrected chi connectivity index (χ1v) is 23.9. The molecule has 0 aliphatic carbocycles. The first-order valence-electron chi connectivity index (χ1n) is 23.9. The van der Waals surface area contributed by atoms with Crippen LogP contribution in [-0.2, 0) is 61.8 Å². The smallest absolute Gasteiger partial charge is 0.217 e. The minimum atomic E-state index is -2.33. The summed E-state index contributed by atoms with van der Waals surface area (Å²) in [4.78, 5) is 37.0. The summed E-state index contributed by atoms with van der Waals surface area (Å²) < 4.78 is 57.3. The summed E-state index contributed by atoms with van der Waals surface area (Å²) in [5.74, 6) is -2.38. The highest BCUT2D eigenvalue weighted by Gasteiger charge is 2.55. The fraction of sp³-hybridized carbons (Fsp3) is 0.929. The van der Waals surface area contributed by atoms with Crippen molar-refractivity contribution in [2.75, 3.05) is 39.6 Å². The maximum atomic E-state index is 12.6. The van der Waals surface area contributed by atoms with Crippen LogP contribution in [0.4, 0.5) is 0 Å². The topological polar surface area (TPSA) is 524 Å². The Bertz CT molecular complexity index is 1800. The lowest BCUT2D eigenvalue weighted by Crippen LogP contribution is -2.68. The van der Waals surface area contributed by atoms with Gasteiger partial charge in [-0.3, -0.25) is 14.4 Å². The van der Waals surface area contributed by atoms with Crippen molar-refractivity contribution in [2.24, 2.45) is 0 Å². The van der Waals surface area contributed by atoms with E-state index in [4.69, 9.17) is 47.4 Å². The number of rotatable bonds is 22. The van der Waals surface area contributed by atoms with Gasteiger partial charge in [0.25, 0.3) is 0 Å². The van der Waals surface area contributed by atoms with Crippen LogP contribution >= 0.6 is 0 Å². The molecule has 5 aliphatic heterocycles. The fourth-order valence-electron chi connectivity index (χ4n) is 9.06. The Morgan fingerprint density at radius 2 is 0.960 bits per heavy atom. The first-order chi connectivity index (χ1) is 35.3. The van der Waals surface area contributed by atoms with E-state index in [1.54, 1.807) is 0 Å². The monoisotopic (exact) mass is 1100 g/mol. The fourth-order valence-corrected chi connectivity index (χ4v) is 9.06. The number of amides is 3. The van der Waals surface area contributed by atoms with E-state index in [1.807, 2.05) is 0 Å². The molecule has 20 N–H and O–H groups in total. The number of hydrogen-bond donors (Lipinski definition) is 20. The van der Waals surface area contributed by atoms with Crippen LogP contribution in [0.2, 0.25) is 0 Å². The standard InChI is InChI=1S/C42H73N3O30/c1-11-23(54)30(61)32(63)40(68-11)74-36-22(45-14(4)52)39(70-19(8-49)27(36)58)67-10-20-28(59)37(75-41-33(64)31(62)26(57)18(7-48)71-41)34(65)42(72-20)73-35(15(5-46)43-12(2)50)24(55)16(53)9-66-38-21(44-13(3)51)29(60)25(56)17(6-47)69-38/h11,15-42,46-49,53-65H,5-10H2,1-4H3,(H,43,50)(H,44,51)(H,45,52)/t11-,15+,16-,17-,18-,19-,20-,21-,22-,23+,24+,25-,26+,27-,28+,29-,30+,31+,32-,33-,34-,35-,36-,37+,38-,39-,40-,41+,42+/m1/s1. The lowest BCUT2D eigenvalue weighted by Gasteiger charge is -2.48. The van der Waals surface area contributed by atoms with Gasteiger partial charge in [0, 0.05) is 20.8 Å². The maximum Gasteiger partial charge on any atom is 0.217 e. The van der Waals surface area contributed by atoms with Gasteiger partial charge in [-0.25, -0.2) is 0 Å². The number of hydrogen-bond acceptors (Lipinski definition) is 30. The van der Waals surface area contributed by atoms with Crippen LogP contribution in [-0.4, -0.2) is 322 Å². The summed E-state index contributed by atoms with van der Waals surface area (Å²) in [7, 11) is 0. The minimum Gasteiger partial charge on any atom is -0.394 e. The molecule has 33 nitrogen and oxygen atoms in total. The van der Waals surface area contributed by atoms with Crippen molar-refractivity contribution in [3.05, 3.63) is 0 Å². The molecule has 436 valence electrons. The van der Waals surface area contributed by atoms with E-state index in [9.17, 15) is 101 Å². The number of carbonyl (C=O) groups is 3. The number of aliphatic hydroxyl groups is 17. The molecule has 5 rings (SSSR count). The van der Waals surface area contributed by atoms with Gasteiger partial charge in [-0.1, -0.05) is 0 Å². The van der Waals surface area contributed by atoms with Gasteiger partial charge in [0.05, 0.1) is 51.8 Å². The van der Waals surface area contributed by atoms with Crippen molar-refractivity contribution in [1.29, 1.82) is 0 Å². The lowest BCUT2D eigenvalue weighted by atomic mass is 9.95. The van der Waals surface area contributed by atoms with Gasteiger partial charge in [-0.2, -0.15) is 0 Å². The van der Waals surface area contributed by atoms with Crippen molar-refractivity contribution in [1.82, 2.24) is 16.0 Å². The third-order valence-electron chi connectivity index (χ3n) is 13.2. The Labute approximate surface area is 426 Å². The third-order valence-corrected chi connectivity index (χ3v) is 13.2. The van der Waals surface area contributed by atoms with Crippen LogP contribution in [0, 0.1) is 0 Å². The van der Waals surface area contributed by atoms with Crippen molar-refractivity contribution < 1.29 is 149 Å². The molecule has 5 fully saturated rings. The Kier molecular flexibility index (Phi) is 23.5. The molecule has 5 aliphatic rings. The maximum absolute atomic E-state index is 12.6. The van der Waals surface area contributed by atoms with E-state index in [0.29, 0.717) is 0 Å². The highest BCUT2D eigenvalue weighted by Crippen LogP contribution is 2.34. The van der Waals surface area contributed by atoms with Gasteiger partial charge in [0.2, 0.25) is 17.7 Å². The highest BCUT2D eigenvalue weighted by molar-refractivity contribution is 5.74. The van der Waals surface area contributed by atoms with Gasteiger partial charge in [0.15, 0.2) is 31.5 Å². The zero-order valence-corrected chi connectivity index (χ0v) is 40.9. The van der Waals surface area contributed by atoms with Crippen LogP contribution in [0.25, 0.3) is 0 Å². The molecule has 0 aromatic carbocycles. The van der Waals surface area contributed by atoms with Gasteiger partial charge < -0.3 is 150 Å². The zero-order valence-electron chi connectivity index (χ0n) is 40.9. The predicted molar refractivity (Wildman–Crippen MR) is 235 cm³/mol. The van der Waals surface area contributed by atoms with Gasteiger partial charge in [-0.15, -0.1) is 0 Å². The first kappa shape index (κ1) is 63.2. The molecule has 29 atom stereocenters. The molecule has 0 spiro atoms. The molecule has 0 saturated carbocycles. The summed E-state index contributed by atoms with van der Waals surface area (Å²) in [5, 5.41) is 190. The average molecular weight is 1100 g/mol. The van der Waals surface area contributed by atoms with E-state index in [-0.39, 0.29) is 0 Å². The molecule has 0 radical (unpaired) electrons. The Hall–Kier alpha value is -2.67. The van der Waals surface area contributed by atoms with Gasteiger partial charge in [0.1, 0.15) is 134 Å². The van der Waals surface area contributed by atoms with E-state index < -0.39 is 235 Å². The van der Waals surface area contributed by atoms with Crippen LogP contribution in [0.5, 0.6) is 0 Å². The molecule has 3 amide bonds. The second-order valence-corrected chi connectivity index (χ2v) is 18.8. The molecule has 33 heteroatoms. The average Bonchev–Trinajstić information content (AvgIpc) is 3.36. The van der Waals surface area contributed by atoms with Crippen molar-refractivity contribution in [3.8, 4) is 0 Å². The molecule has 0 aromatic rings. The van der Waals surface area contributed by atoms with E-state index in [2.05, 4.69) is 16.0 Å². The molecule has 5 heterocycles. The Balaban J connectivity index is 1.47. The summed E-state index contributed by atoms with van der Waals surface area (Å²) in [5.41, 5.74) is 0. The second kappa shape index (κ2) is 28.0. The second-order valence-electron chi connectivity index (χ2n) is 18.8. The molecule has 5 saturated heterocycles. The summed E-state index contributed by atoms with van der Waals surface area (Å²) in [6, 6.07) is -4.87. The molecule has 0 bridgehead atoms. The molecule has 75 heavy (non-hydrogen) atoms. The van der Waals surface area contributed by atoms with Crippen molar-refractivity contribution >= 4 is 17.7 Å². The number of aliphatic hydroxyl groups excluding tert-OH is 17. The van der Waals surface area contributed by atoms with Crippen molar-refractivity contribution in [2.45, 2.75) is 205 Å². The van der Waals surface area contributed by atoms with Gasteiger partial charge >= 0.3 is 0 Å². The van der Waals surface area contributed by atoms with Crippen LogP contribution in [0.1, 0.15) is 27.7 Å². The number of carbonyl (C=O) groups excluding carboxylic acids is 3. The van der Waals surface area contributed by atoms with E-state index in [0.717, 1.165) is 20.8 Å². The quantitative estimate of drug-likeness (QED) is 0.0479. The number of ether oxygens (including phenoxy) is 10. The van der Waals surface area contributed by atoms with Crippen LogP contribution < -0.4 is 16.0 Å². The largest absolute Gasteiger partial charge is 0.394 e. The number of nitrogens with one attached hydrogen (secondary N) is 3. The lowest BCUT2D eigenvalue weighted by molar-refractivity contribution is -0.373. The third kappa shape index (κ3) is 15.0. The van der Waals surface area contributed by atoms with Crippen LogP contribution in [0.15, 0.2) is 0 Å². The van der Waals surface area contributed by atoms with E-state index >= 15 is 0 Å². The molecular formula is C42H73N3O30. The zero-order chi connectivity index (χ0) is 55.9. The molecular weight excluding hydrogens is 1030 g/mol. The van der Waals surface area contributed by atoms with E-state index in [1.165, 1.54) is 6.92 Å². The Morgan fingerprint density at radius 1 is 0.493 bits per heavy atom. The van der Waals surface area contributed by atoms with Crippen LogP contribution in [0.3, 0.4) is 0 Å². The van der Waals surface area contributed by atoms with Gasteiger partial charge in [-0.05, 0) is 6.92 Å². The molecule has 0 aromatic heterocycles. The SMILES string of the molecule is CC(=O)N[C@H]1[C@H](OC[C@@H](O)[C@H](O)[C@H](O[C@@H]2O[C@H](CO[C@@H]3O[C@H](CO)[C@@H](O)[C@H](O[C@H]4O[C@H](C)[C@H](O)[C@H](O)[C@H]4O)[C@H]3NC(C)=O)[C@H](O)[C@H](O[C@@H]3O[C@H](CO)[C@H](O)[C@H](O)[C@H]3O)[C@H]2O)[C@H](CO)NC(C)=O)O[C@H](CO)[C@@H](O)[C@@H]1O. The van der Waals surface area contributed by atoms with Crippen molar-refractivity contribution in [3.63, 3.8) is 0 Å².